The summed E-state index contributed by atoms with van der Waals surface area (Å²) in [5, 5.41) is 1.01. The van der Waals surface area contributed by atoms with Gasteiger partial charge in [-0.2, -0.15) is 0 Å². The van der Waals surface area contributed by atoms with Crippen molar-refractivity contribution in [1.82, 2.24) is 14.7 Å². The minimum Gasteiger partial charge on any atom is -0.336 e. The highest BCUT2D eigenvalue weighted by Gasteiger charge is 2.26. The topological polar surface area (TPSA) is 26.8 Å². The second-order valence-corrected chi connectivity index (χ2v) is 7.54. The van der Waals surface area contributed by atoms with E-state index >= 15 is 0 Å². The van der Waals surface area contributed by atoms with Crippen LogP contribution in [-0.4, -0.2) is 73.5 Å². The summed E-state index contributed by atoms with van der Waals surface area (Å²) in [4.78, 5) is 19.3. The van der Waals surface area contributed by atoms with E-state index in [-0.39, 0.29) is 5.91 Å². The Bertz CT molecular complexity index is 547. The van der Waals surface area contributed by atoms with Gasteiger partial charge in [0.15, 0.2) is 0 Å². The van der Waals surface area contributed by atoms with Crippen LogP contribution in [0, 0.1) is 5.92 Å². The van der Waals surface area contributed by atoms with Crippen molar-refractivity contribution >= 4 is 29.1 Å². The number of piperazine rings is 1. The SMILES string of the molecule is CN1CC(CCN2CCN(C(=O)c3cc(Cl)cc(Cl)c3)CC2)C1. The van der Waals surface area contributed by atoms with Gasteiger partial charge in [-0.3, -0.25) is 9.69 Å². The third kappa shape index (κ3) is 4.38. The third-order valence-corrected chi connectivity index (χ3v) is 5.20. The first-order valence-corrected chi connectivity index (χ1v) is 8.93. The van der Waals surface area contributed by atoms with E-state index in [4.69, 9.17) is 23.2 Å². The van der Waals surface area contributed by atoms with E-state index in [1.807, 2.05) is 4.90 Å². The van der Waals surface area contributed by atoms with Crippen LogP contribution in [0.1, 0.15) is 16.8 Å². The molecule has 0 aliphatic carbocycles. The van der Waals surface area contributed by atoms with Crippen LogP contribution >= 0.6 is 23.2 Å². The Kier molecular flexibility index (Phi) is 5.47. The van der Waals surface area contributed by atoms with E-state index in [2.05, 4.69) is 16.8 Å². The fourth-order valence-electron chi connectivity index (χ4n) is 3.41. The summed E-state index contributed by atoms with van der Waals surface area (Å²) in [6.07, 6.45) is 1.27. The largest absolute Gasteiger partial charge is 0.336 e. The van der Waals surface area contributed by atoms with Crippen LogP contribution in [0.15, 0.2) is 18.2 Å². The molecule has 126 valence electrons. The van der Waals surface area contributed by atoms with E-state index in [1.54, 1.807) is 18.2 Å². The molecule has 0 spiro atoms. The molecule has 2 heterocycles. The average molecular weight is 356 g/mol. The van der Waals surface area contributed by atoms with Crippen molar-refractivity contribution in [2.75, 3.05) is 52.9 Å². The molecule has 2 saturated heterocycles. The van der Waals surface area contributed by atoms with Gasteiger partial charge >= 0.3 is 0 Å². The third-order valence-electron chi connectivity index (χ3n) is 4.76. The van der Waals surface area contributed by atoms with Crippen molar-refractivity contribution < 1.29 is 4.79 Å². The number of rotatable bonds is 4. The Hall–Kier alpha value is -0.810. The second-order valence-electron chi connectivity index (χ2n) is 6.67. The molecule has 0 aromatic heterocycles. The van der Waals surface area contributed by atoms with Crippen LogP contribution in [0.2, 0.25) is 10.0 Å². The van der Waals surface area contributed by atoms with Gasteiger partial charge in [0.2, 0.25) is 0 Å². The molecule has 0 radical (unpaired) electrons. The highest BCUT2D eigenvalue weighted by molar-refractivity contribution is 6.35. The second kappa shape index (κ2) is 7.39. The first kappa shape index (κ1) is 17.0. The highest BCUT2D eigenvalue weighted by Crippen LogP contribution is 2.21. The Balaban J connectivity index is 1.47. The summed E-state index contributed by atoms with van der Waals surface area (Å²) in [6, 6.07) is 5.03. The zero-order valence-electron chi connectivity index (χ0n) is 13.5. The number of hydrogen-bond donors (Lipinski definition) is 0. The Morgan fingerprint density at radius 3 is 2.26 bits per heavy atom. The fraction of sp³-hybridized carbons (Fsp3) is 0.588. The maximum absolute atomic E-state index is 12.6. The van der Waals surface area contributed by atoms with Crippen LogP contribution in [-0.2, 0) is 0 Å². The van der Waals surface area contributed by atoms with E-state index in [9.17, 15) is 4.79 Å². The van der Waals surface area contributed by atoms with Crippen LogP contribution in [0.4, 0.5) is 0 Å². The number of benzene rings is 1. The molecule has 23 heavy (non-hydrogen) atoms. The number of nitrogens with zero attached hydrogens (tertiary/aromatic N) is 3. The summed E-state index contributed by atoms with van der Waals surface area (Å²) in [5.74, 6) is 0.878. The van der Waals surface area contributed by atoms with Crippen molar-refractivity contribution in [3.63, 3.8) is 0 Å². The molecule has 2 fully saturated rings. The van der Waals surface area contributed by atoms with E-state index < -0.39 is 0 Å². The lowest BCUT2D eigenvalue weighted by molar-refractivity contribution is 0.0597. The minimum atomic E-state index is 0.0228. The number of hydrogen-bond acceptors (Lipinski definition) is 3. The first-order chi connectivity index (χ1) is 11.0. The molecule has 0 bridgehead atoms. The molecule has 0 saturated carbocycles. The van der Waals surface area contributed by atoms with Crippen molar-refractivity contribution in [3.05, 3.63) is 33.8 Å². The Labute approximate surface area is 147 Å². The zero-order chi connectivity index (χ0) is 16.4. The van der Waals surface area contributed by atoms with Crippen LogP contribution in [0.25, 0.3) is 0 Å². The normalized spacial score (nSPS) is 20.6. The summed E-state index contributed by atoms with van der Waals surface area (Å²) < 4.78 is 0. The van der Waals surface area contributed by atoms with Gasteiger partial charge in [-0.25, -0.2) is 0 Å². The van der Waals surface area contributed by atoms with E-state index in [0.717, 1.165) is 38.6 Å². The number of carbonyl (C=O) groups is 1. The van der Waals surface area contributed by atoms with Crippen molar-refractivity contribution in [3.8, 4) is 0 Å². The summed E-state index contributed by atoms with van der Waals surface area (Å²) in [7, 11) is 2.17. The monoisotopic (exact) mass is 355 g/mol. The van der Waals surface area contributed by atoms with Crippen molar-refractivity contribution in [2.24, 2.45) is 5.92 Å². The summed E-state index contributed by atoms with van der Waals surface area (Å²) >= 11 is 12.0. The molecule has 3 rings (SSSR count). The van der Waals surface area contributed by atoms with Gasteiger partial charge in [-0.1, -0.05) is 23.2 Å². The maximum Gasteiger partial charge on any atom is 0.254 e. The van der Waals surface area contributed by atoms with Gasteiger partial charge in [0.05, 0.1) is 0 Å². The lowest BCUT2D eigenvalue weighted by atomic mass is 9.97. The molecule has 4 nitrogen and oxygen atoms in total. The van der Waals surface area contributed by atoms with Crippen molar-refractivity contribution in [2.45, 2.75) is 6.42 Å². The molecule has 1 aromatic carbocycles. The Morgan fingerprint density at radius 2 is 1.70 bits per heavy atom. The van der Waals surface area contributed by atoms with Crippen LogP contribution in [0.3, 0.4) is 0 Å². The molecule has 2 aliphatic heterocycles. The van der Waals surface area contributed by atoms with E-state index in [0.29, 0.717) is 15.6 Å². The molecule has 0 atom stereocenters. The van der Waals surface area contributed by atoms with Gasteiger partial charge in [-0.05, 0) is 44.1 Å². The predicted octanol–water partition coefficient (Wildman–Crippen LogP) is 2.70. The molecule has 1 aromatic rings. The van der Waals surface area contributed by atoms with Gasteiger partial charge in [0.25, 0.3) is 5.91 Å². The molecule has 6 heteroatoms. The van der Waals surface area contributed by atoms with Gasteiger partial charge in [0.1, 0.15) is 0 Å². The van der Waals surface area contributed by atoms with Gasteiger partial charge < -0.3 is 9.80 Å². The molecule has 0 N–H and O–H groups in total. The number of halogens is 2. The summed E-state index contributed by atoms with van der Waals surface area (Å²) in [6.45, 7) is 7.04. The minimum absolute atomic E-state index is 0.0228. The molecule has 2 aliphatic rings. The lowest BCUT2D eigenvalue weighted by Gasteiger charge is -2.39. The number of amides is 1. The smallest absolute Gasteiger partial charge is 0.254 e. The molecular formula is C17H23Cl2N3O. The zero-order valence-corrected chi connectivity index (χ0v) is 15.0. The molecule has 0 unspecified atom stereocenters. The average Bonchev–Trinajstić information content (AvgIpc) is 2.49. The Morgan fingerprint density at radius 1 is 1.09 bits per heavy atom. The molecular weight excluding hydrogens is 333 g/mol. The lowest BCUT2D eigenvalue weighted by Crippen LogP contribution is -2.50. The van der Waals surface area contributed by atoms with Gasteiger partial charge in [0, 0.05) is 54.9 Å². The standard InChI is InChI=1S/C17H23Cl2N3O/c1-20-11-13(12-20)2-3-21-4-6-22(7-5-21)17(23)14-8-15(18)10-16(19)9-14/h8-10,13H,2-7,11-12H2,1H3. The first-order valence-electron chi connectivity index (χ1n) is 8.17. The van der Waals surface area contributed by atoms with Crippen molar-refractivity contribution in [1.29, 1.82) is 0 Å². The van der Waals surface area contributed by atoms with Gasteiger partial charge in [-0.15, -0.1) is 0 Å². The maximum atomic E-state index is 12.6. The fourth-order valence-corrected chi connectivity index (χ4v) is 3.94. The summed E-state index contributed by atoms with van der Waals surface area (Å²) in [5.41, 5.74) is 0.577. The predicted molar refractivity (Wildman–Crippen MR) is 94.4 cm³/mol. The molecule has 1 amide bonds. The van der Waals surface area contributed by atoms with E-state index in [1.165, 1.54) is 19.5 Å². The highest BCUT2D eigenvalue weighted by atomic mass is 35.5. The quantitative estimate of drug-likeness (QED) is 0.830. The van der Waals surface area contributed by atoms with Crippen LogP contribution < -0.4 is 0 Å². The number of likely N-dealkylation sites (tertiary alicyclic amines) is 1. The number of carbonyl (C=O) groups excluding carboxylic acids is 1. The van der Waals surface area contributed by atoms with Crippen LogP contribution in [0.5, 0.6) is 0 Å².